The lowest BCUT2D eigenvalue weighted by Gasteiger charge is -2.11. The van der Waals surface area contributed by atoms with Crippen LogP contribution in [0, 0.1) is 11.8 Å². The number of nitrogens with two attached hydrogens (primary N) is 1. The third-order valence-electron chi connectivity index (χ3n) is 3.64. The Morgan fingerprint density at radius 2 is 2.00 bits per heavy atom. The molecule has 1 unspecified atom stereocenters. The molecule has 0 aromatic heterocycles. The van der Waals surface area contributed by atoms with Gasteiger partial charge in [-0.3, -0.25) is 4.79 Å². The minimum atomic E-state index is -0.242. The second-order valence-corrected chi connectivity index (χ2v) is 5.14. The summed E-state index contributed by atoms with van der Waals surface area (Å²) in [5.41, 5.74) is 9.76. The Kier molecular flexibility index (Phi) is 3.61. The predicted octanol–water partition coefficient (Wildman–Crippen LogP) is 2.42. The van der Waals surface area contributed by atoms with Gasteiger partial charge < -0.3 is 11.1 Å². The summed E-state index contributed by atoms with van der Waals surface area (Å²) >= 11 is 0. The Balaban J connectivity index is 1.69. The van der Waals surface area contributed by atoms with Crippen LogP contribution in [0.4, 0.5) is 5.69 Å². The van der Waals surface area contributed by atoms with Crippen molar-refractivity contribution >= 4 is 11.6 Å². The number of benzene rings is 2. The first kappa shape index (κ1) is 13.3. The van der Waals surface area contributed by atoms with Crippen molar-refractivity contribution in [1.82, 2.24) is 5.32 Å². The molecule has 0 saturated carbocycles. The van der Waals surface area contributed by atoms with Gasteiger partial charge in [0.25, 0.3) is 5.91 Å². The summed E-state index contributed by atoms with van der Waals surface area (Å²) in [6.07, 6.45) is 1.84. The fourth-order valence-electron chi connectivity index (χ4n) is 2.63. The average Bonchev–Trinajstić information content (AvgIpc) is 2.88. The highest BCUT2D eigenvalue weighted by Gasteiger charge is 2.23. The number of carbonyl (C=O) groups is 1. The Morgan fingerprint density at radius 3 is 2.81 bits per heavy atom. The first-order chi connectivity index (χ1) is 10.2. The maximum absolute atomic E-state index is 11.9. The Labute approximate surface area is 124 Å². The van der Waals surface area contributed by atoms with Gasteiger partial charge in [-0.25, -0.2) is 0 Å². The SMILES string of the molecule is Nc1ccc2c(c1)CCC2NC(=O)C#Cc1ccccc1. The Hall–Kier alpha value is -2.73. The standard InChI is InChI=1S/C18H16N2O/c19-15-8-9-16-14(12-15)7-10-17(16)20-18(21)11-6-13-4-2-1-3-5-13/h1-5,8-9,12,17H,7,10,19H2,(H,20,21). The van der Waals surface area contributed by atoms with E-state index in [1.807, 2.05) is 48.5 Å². The zero-order valence-electron chi connectivity index (χ0n) is 11.6. The molecule has 21 heavy (non-hydrogen) atoms. The second-order valence-electron chi connectivity index (χ2n) is 5.14. The highest BCUT2D eigenvalue weighted by atomic mass is 16.1. The van der Waals surface area contributed by atoms with E-state index in [0.717, 1.165) is 29.7 Å². The minimum Gasteiger partial charge on any atom is -0.399 e. The van der Waals surface area contributed by atoms with E-state index in [1.54, 1.807) is 0 Å². The van der Waals surface area contributed by atoms with Crippen molar-refractivity contribution < 1.29 is 4.79 Å². The van der Waals surface area contributed by atoms with Crippen molar-refractivity contribution in [3.8, 4) is 11.8 Å². The molecule has 3 heteroatoms. The number of hydrogen-bond acceptors (Lipinski definition) is 2. The van der Waals surface area contributed by atoms with Crippen LogP contribution in [0.3, 0.4) is 0 Å². The molecular weight excluding hydrogens is 260 g/mol. The molecule has 2 aromatic carbocycles. The third-order valence-corrected chi connectivity index (χ3v) is 3.64. The fourth-order valence-corrected chi connectivity index (χ4v) is 2.63. The van der Waals surface area contributed by atoms with Crippen molar-refractivity contribution in [2.24, 2.45) is 0 Å². The smallest absolute Gasteiger partial charge is 0.296 e. The molecule has 1 amide bonds. The molecule has 0 aliphatic heterocycles. The first-order valence-corrected chi connectivity index (χ1v) is 6.98. The third kappa shape index (κ3) is 3.06. The van der Waals surface area contributed by atoms with Crippen LogP contribution in [0.1, 0.15) is 29.2 Å². The molecule has 0 saturated heterocycles. The van der Waals surface area contributed by atoms with Crippen LogP contribution in [0.15, 0.2) is 48.5 Å². The van der Waals surface area contributed by atoms with Gasteiger partial charge in [0.2, 0.25) is 0 Å². The molecular formula is C18H16N2O. The maximum atomic E-state index is 11.9. The zero-order chi connectivity index (χ0) is 14.7. The molecule has 1 atom stereocenters. The van der Waals surface area contributed by atoms with Crippen molar-refractivity contribution in [2.75, 3.05) is 5.73 Å². The van der Waals surface area contributed by atoms with E-state index >= 15 is 0 Å². The van der Waals surface area contributed by atoms with Crippen molar-refractivity contribution in [1.29, 1.82) is 0 Å². The Bertz CT molecular complexity index is 726. The molecule has 0 bridgehead atoms. The maximum Gasteiger partial charge on any atom is 0.296 e. The lowest BCUT2D eigenvalue weighted by atomic mass is 10.1. The van der Waals surface area contributed by atoms with Crippen molar-refractivity contribution in [3.05, 3.63) is 65.2 Å². The van der Waals surface area contributed by atoms with Crippen LogP contribution in [0.5, 0.6) is 0 Å². The molecule has 3 nitrogen and oxygen atoms in total. The highest BCUT2D eigenvalue weighted by molar-refractivity contribution is 5.94. The van der Waals surface area contributed by atoms with Gasteiger partial charge in [0, 0.05) is 17.2 Å². The molecule has 104 valence electrons. The van der Waals surface area contributed by atoms with Crippen molar-refractivity contribution in [2.45, 2.75) is 18.9 Å². The van der Waals surface area contributed by atoms with Gasteiger partial charge in [0.1, 0.15) is 0 Å². The normalized spacial score (nSPS) is 15.7. The Morgan fingerprint density at radius 1 is 1.19 bits per heavy atom. The lowest BCUT2D eigenvalue weighted by molar-refractivity contribution is -0.116. The van der Waals surface area contributed by atoms with E-state index < -0.39 is 0 Å². The van der Waals surface area contributed by atoms with Crippen LogP contribution < -0.4 is 11.1 Å². The predicted molar refractivity (Wildman–Crippen MR) is 83.4 cm³/mol. The molecule has 0 heterocycles. The van der Waals surface area contributed by atoms with Crippen molar-refractivity contribution in [3.63, 3.8) is 0 Å². The summed E-state index contributed by atoms with van der Waals surface area (Å²) in [5.74, 6) is 5.27. The van der Waals surface area contributed by atoms with Crippen LogP contribution in [0.2, 0.25) is 0 Å². The number of fused-ring (bicyclic) bond motifs is 1. The number of nitrogen functional groups attached to an aromatic ring is 1. The van der Waals surface area contributed by atoms with E-state index in [9.17, 15) is 4.79 Å². The van der Waals surface area contributed by atoms with E-state index in [2.05, 4.69) is 17.2 Å². The minimum absolute atomic E-state index is 0.0400. The second kappa shape index (κ2) is 5.72. The monoisotopic (exact) mass is 276 g/mol. The number of amides is 1. The molecule has 3 rings (SSSR count). The van der Waals surface area contributed by atoms with Gasteiger partial charge in [0.05, 0.1) is 6.04 Å². The molecule has 3 N–H and O–H groups in total. The summed E-state index contributed by atoms with van der Waals surface area (Å²) in [4.78, 5) is 11.9. The molecule has 2 aromatic rings. The average molecular weight is 276 g/mol. The fraction of sp³-hybridized carbons (Fsp3) is 0.167. The number of aryl methyl sites for hydroxylation is 1. The molecule has 1 aliphatic rings. The van der Waals surface area contributed by atoms with Crippen LogP contribution in [0.25, 0.3) is 0 Å². The number of hydrogen-bond donors (Lipinski definition) is 2. The number of carbonyl (C=O) groups excluding carboxylic acids is 1. The van der Waals surface area contributed by atoms with Gasteiger partial charge in [0.15, 0.2) is 0 Å². The first-order valence-electron chi connectivity index (χ1n) is 6.98. The van der Waals surface area contributed by atoms with E-state index in [4.69, 9.17) is 5.73 Å². The summed E-state index contributed by atoms with van der Waals surface area (Å²) in [6.45, 7) is 0. The topological polar surface area (TPSA) is 55.1 Å². The van der Waals surface area contributed by atoms with Crippen LogP contribution in [-0.2, 0) is 11.2 Å². The van der Waals surface area contributed by atoms with Gasteiger partial charge in [-0.05, 0) is 48.2 Å². The quantitative estimate of drug-likeness (QED) is 0.621. The van der Waals surface area contributed by atoms with Gasteiger partial charge in [-0.15, -0.1) is 0 Å². The number of nitrogens with one attached hydrogen (secondary N) is 1. The van der Waals surface area contributed by atoms with Crippen LogP contribution in [-0.4, -0.2) is 5.91 Å². The molecule has 0 fully saturated rings. The van der Waals surface area contributed by atoms with Gasteiger partial charge >= 0.3 is 0 Å². The largest absolute Gasteiger partial charge is 0.399 e. The summed E-state index contributed by atoms with van der Waals surface area (Å²) < 4.78 is 0. The molecule has 0 spiro atoms. The number of anilines is 1. The van der Waals surface area contributed by atoms with E-state index in [-0.39, 0.29) is 11.9 Å². The van der Waals surface area contributed by atoms with Crippen LogP contribution >= 0.6 is 0 Å². The van der Waals surface area contributed by atoms with Gasteiger partial charge in [-0.1, -0.05) is 30.2 Å². The number of rotatable bonds is 1. The summed E-state index contributed by atoms with van der Waals surface area (Å²) in [5, 5.41) is 2.97. The summed E-state index contributed by atoms with van der Waals surface area (Å²) in [7, 11) is 0. The zero-order valence-corrected chi connectivity index (χ0v) is 11.6. The molecule has 0 radical (unpaired) electrons. The summed E-state index contributed by atoms with van der Waals surface area (Å²) in [6, 6.07) is 15.4. The van der Waals surface area contributed by atoms with E-state index in [0.29, 0.717) is 0 Å². The molecule has 1 aliphatic carbocycles. The van der Waals surface area contributed by atoms with E-state index in [1.165, 1.54) is 5.56 Å². The highest BCUT2D eigenvalue weighted by Crippen LogP contribution is 2.32. The van der Waals surface area contributed by atoms with Gasteiger partial charge in [-0.2, -0.15) is 0 Å². The lowest BCUT2D eigenvalue weighted by Crippen LogP contribution is -2.25.